The van der Waals surface area contributed by atoms with Crippen molar-refractivity contribution in [2.24, 2.45) is 0 Å². The Morgan fingerprint density at radius 3 is 2.63 bits per heavy atom. The van der Waals surface area contributed by atoms with Crippen molar-refractivity contribution in [3.63, 3.8) is 0 Å². The molecule has 1 amide bonds. The zero-order valence-corrected chi connectivity index (χ0v) is 14.4. The fraction of sp³-hybridized carbons (Fsp3) is 0.211. The maximum absolute atomic E-state index is 13.3. The first kappa shape index (κ1) is 17.2. The van der Waals surface area contributed by atoms with Crippen molar-refractivity contribution in [3.05, 3.63) is 71.2 Å². The Kier molecular flexibility index (Phi) is 4.12. The van der Waals surface area contributed by atoms with Gasteiger partial charge in [-0.3, -0.25) is 18.6 Å². The number of hydrogen-bond donors (Lipinski definition) is 1. The maximum atomic E-state index is 13.3. The van der Waals surface area contributed by atoms with Crippen LogP contribution in [-0.4, -0.2) is 49.1 Å². The van der Waals surface area contributed by atoms with Crippen LogP contribution in [0.2, 0.25) is 0 Å². The van der Waals surface area contributed by atoms with Crippen LogP contribution in [0.1, 0.15) is 10.5 Å². The van der Waals surface area contributed by atoms with Crippen LogP contribution in [0.3, 0.4) is 0 Å². The molecule has 1 aliphatic heterocycles. The van der Waals surface area contributed by atoms with Crippen molar-refractivity contribution in [1.82, 2.24) is 18.9 Å². The van der Waals surface area contributed by atoms with Crippen molar-refractivity contribution in [3.8, 4) is 11.3 Å². The molecule has 2 aromatic heterocycles. The molecule has 0 spiro atoms. The molecule has 4 rings (SSSR count). The number of carbonyl (C=O) groups excluding carboxylic acids is 1. The number of nitrogens with zero attached hydrogens (tertiary/aromatic N) is 4. The van der Waals surface area contributed by atoms with Crippen molar-refractivity contribution in [2.75, 3.05) is 13.1 Å². The number of rotatable bonds is 4. The Labute approximate surface area is 153 Å². The van der Waals surface area contributed by atoms with Gasteiger partial charge < -0.3 is 10.0 Å². The molecule has 3 aromatic rings. The van der Waals surface area contributed by atoms with Gasteiger partial charge >= 0.3 is 0 Å². The van der Waals surface area contributed by atoms with Crippen LogP contribution in [0.4, 0.5) is 4.39 Å². The van der Waals surface area contributed by atoms with E-state index >= 15 is 0 Å². The van der Waals surface area contributed by atoms with E-state index in [-0.39, 0.29) is 48.3 Å². The van der Waals surface area contributed by atoms with Gasteiger partial charge in [0.1, 0.15) is 11.5 Å². The first-order chi connectivity index (χ1) is 13.0. The number of aliphatic hydroxyl groups excluding tert-OH is 1. The summed E-state index contributed by atoms with van der Waals surface area (Å²) in [5, 5.41) is 9.37. The predicted molar refractivity (Wildman–Crippen MR) is 97.0 cm³/mol. The number of allylic oxidation sites excluding steroid dienone is 1. The molecule has 3 heterocycles. The average molecular weight is 368 g/mol. The van der Waals surface area contributed by atoms with Gasteiger partial charge in [-0.25, -0.2) is 9.37 Å². The maximum Gasteiger partial charge on any atom is 0.295 e. The van der Waals surface area contributed by atoms with Crippen LogP contribution in [0.25, 0.3) is 16.9 Å². The number of fused-ring (bicyclic) bond motifs is 1. The first-order valence-corrected chi connectivity index (χ1v) is 8.44. The summed E-state index contributed by atoms with van der Waals surface area (Å²) in [6.45, 7) is 4.44. The number of halogens is 1. The third kappa shape index (κ3) is 2.93. The van der Waals surface area contributed by atoms with E-state index in [1.165, 1.54) is 32.2 Å². The molecular formula is C19H17FN4O3. The molecule has 0 atom stereocenters. The molecule has 1 aliphatic rings. The highest BCUT2D eigenvalue weighted by molar-refractivity contribution is 5.93. The van der Waals surface area contributed by atoms with Gasteiger partial charge in [0.2, 0.25) is 5.65 Å². The zero-order chi connectivity index (χ0) is 19.1. The van der Waals surface area contributed by atoms with Crippen LogP contribution in [0.5, 0.6) is 0 Å². The summed E-state index contributed by atoms with van der Waals surface area (Å²) in [7, 11) is 0. The lowest BCUT2D eigenvalue weighted by molar-refractivity contribution is 0.00555. The molecule has 0 bridgehead atoms. The van der Waals surface area contributed by atoms with Crippen LogP contribution in [0, 0.1) is 5.82 Å². The number of carbonyl (C=O) groups is 1. The van der Waals surface area contributed by atoms with Crippen LogP contribution in [0.15, 0.2) is 54.1 Å². The molecular weight excluding hydrogens is 351 g/mol. The molecule has 7 nitrogen and oxygen atoms in total. The second-order valence-corrected chi connectivity index (χ2v) is 6.45. The third-order valence-corrected chi connectivity index (χ3v) is 4.54. The summed E-state index contributed by atoms with van der Waals surface area (Å²) >= 11 is 0. The predicted octanol–water partition coefficient (Wildman–Crippen LogP) is 1.30. The quantitative estimate of drug-likeness (QED) is 0.704. The molecule has 0 aliphatic carbocycles. The van der Waals surface area contributed by atoms with Gasteiger partial charge in [-0.15, -0.1) is 6.58 Å². The third-order valence-electron chi connectivity index (χ3n) is 4.54. The Balaban J connectivity index is 1.84. The average Bonchev–Trinajstić information content (AvgIpc) is 3.06. The van der Waals surface area contributed by atoms with E-state index in [1.807, 2.05) is 0 Å². The van der Waals surface area contributed by atoms with E-state index in [2.05, 4.69) is 11.6 Å². The minimum Gasteiger partial charge on any atom is -0.389 e. The second-order valence-electron chi connectivity index (χ2n) is 6.45. The highest BCUT2D eigenvalue weighted by Crippen LogP contribution is 2.20. The summed E-state index contributed by atoms with van der Waals surface area (Å²) in [5.74, 6) is -0.702. The molecule has 0 saturated carbocycles. The smallest absolute Gasteiger partial charge is 0.295 e. The van der Waals surface area contributed by atoms with Gasteiger partial charge in [0, 0.05) is 32.0 Å². The monoisotopic (exact) mass is 368 g/mol. The Morgan fingerprint density at radius 1 is 1.30 bits per heavy atom. The molecule has 1 N–H and O–H groups in total. The highest BCUT2D eigenvalue weighted by Gasteiger charge is 2.31. The van der Waals surface area contributed by atoms with Crippen LogP contribution in [-0.2, 0) is 6.54 Å². The number of benzene rings is 1. The summed E-state index contributed by atoms with van der Waals surface area (Å²) in [4.78, 5) is 31.0. The fourth-order valence-electron chi connectivity index (χ4n) is 3.13. The largest absolute Gasteiger partial charge is 0.389 e. The summed E-state index contributed by atoms with van der Waals surface area (Å²) in [5.41, 5.74) is 1.10. The normalized spacial score (nSPS) is 14.4. The Morgan fingerprint density at radius 2 is 2.00 bits per heavy atom. The second kappa shape index (κ2) is 6.48. The van der Waals surface area contributed by atoms with Crippen molar-refractivity contribution >= 4 is 11.6 Å². The number of aliphatic hydroxyl groups is 1. The molecule has 1 saturated heterocycles. The van der Waals surface area contributed by atoms with Gasteiger partial charge in [0.05, 0.1) is 11.8 Å². The van der Waals surface area contributed by atoms with Gasteiger partial charge in [-0.1, -0.05) is 6.08 Å². The SMILES string of the molecule is C=CCn1c(-c2ccc(F)cc2)cn2cc(C(=O)N3CC(O)C3)nc2c1=O. The minimum absolute atomic E-state index is 0.118. The zero-order valence-electron chi connectivity index (χ0n) is 14.4. The van der Waals surface area contributed by atoms with Crippen LogP contribution < -0.4 is 5.56 Å². The highest BCUT2D eigenvalue weighted by atomic mass is 19.1. The Bertz CT molecular complexity index is 1090. The van der Waals surface area contributed by atoms with E-state index < -0.39 is 6.10 Å². The molecule has 138 valence electrons. The standard InChI is InChI=1S/C19H17FN4O3/c1-2-7-24-16(12-3-5-13(20)6-4-12)11-22-10-15(21-17(22)19(24)27)18(26)23-8-14(25)9-23/h2-6,10-11,14,25H,1,7-9H2. The molecule has 1 fully saturated rings. The van der Waals surface area contributed by atoms with Crippen LogP contribution >= 0.6 is 0 Å². The van der Waals surface area contributed by atoms with Gasteiger partial charge in [-0.2, -0.15) is 0 Å². The number of aromatic nitrogens is 3. The molecule has 0 unspecified atom stereocenters. The van der Waals surface area contributed by atoms with Gasteiger partial charge in [0.25, 0.3) is 11.5 Å². The van der Waals surface area contributed by atoms with E-state index in [1.54, 1.807) is 24.4 Å². The Hall–Kier alpha value is -3.26. The van der Waals surface area contributed by atoms with Crippen molar-refractivity contribution < 1.29 is 14.3 Å². The summed E-state index contributed by atoms with van der Waals surface area (Å²) in [6.07, 6.45) is 4.25. The fourth-order valence-corrected chi connectivity index (χ4v) is 3.13. The van der Waals surface area contributed by atoms with Gasteiger partial charge in [-0.05, 0) is 29.8 Å². The van der Waals surface area contributed by atoms with E-state index in [0.29, 0.717) is 11.3 Å². The number of likely N-dealkylation sites (tertiary alicyclic amines) is 1. The lowest BCUT2D eigenvalue weighted by Crippen LogP contribution is -2.53. The topological polar surface area (TPSA) is 79.8 Å². The molecule has 1 aromatic carbocycles. The summed E-state index contributed by atoms with van der Waals surface area (Å²) in [6, 6.07) is 5.81. The van der Waals surface area contributed by atoms with Crippen molar-refractivity contribution in [2.45, 2.75) is 12.6 Å². The lowest BCUT2D eigenvalue weighted by Gasteiger charge is -2.35. The number of amides is 1. The van der Waals surface area contributed by atoms with E-state index in [0.717, 1.165) is 0 Å². The summed E-state index contributed by atoms with van der Waals surface area (Å²) < 4.78 is 16.2. The first-order valence-electron chi connectivity index (χ1n) is 8.44. The molecule has 8 heteroatoms. The lowest BCUT2D eigenvalue weighted by atomic mass is 10.1. The number of hydrogen-bond acceptors (Lipinski definition) is 4. The van der Waals surface area contributed by atoms with Gasteiger partial charge in [0.15, 0.2) is 0 Å². The number of imidazole rings is 1. The van der Waals surface area contributed by atoms with Crippen molar-refractivity contribution in [1.29, 1.82) is 0 Å². The molecule has 0 radical (unpaired) electrons. The number of β-amino-alcohol motifs (C(OH)–C–C–N with tert-alkyl or cyclic N) is 1. The minimum atomic E-state index is -0.513. The molecule has 27 heavy (non-hydrogen) atoms. The van der Waals surface area contributed by atoms with E-state index in [4.69, 9.17) is 0 Å². The van der Waals surface area contributed by atoms with E-state index in [9.17, 15) is 19.1 Å².